The number of nitrogens with one attached hydrogen (secondary N) is 1. The van der Waals surface area contributed by atoms with Crippen LogP contribution in [0.5, 0.6) is 11.5 Å². The molecule has 0 aliphatic carbocycles. The number of benzene rings is 3. The van der Waals surface area contributed by atoms with Gasteiger partial charge in [0.2, 0.25) is 5.91 Å². The number of carbonyl (C=O) groups is 3. The summed E-state index contributed by atoms with van der Waals surface area (Å²) in [7, 11) is 0. The Morgan fingerprint density at radius 1 is 1.11 bits per heavy atom. The van der Waals surface area contributed by atoms with E-state index in [4.69, 9.17) is 21.1 Å². The molecule has 1 heterocycles. The van der Waals surface area contributed by atoms with E-state index in [1.54, 1.807) is 47.4 Å². The maximum atomic E-state index is 12.7. The molecule has 0 radical (unpaired) electrons. The quantitative estimate of drug-likeness (QED) is 0.286. The molecule has 1 N–H and O–H groups in total. The highest BCUT2D eigenvalue weighted by Crippen LogP contribution is 2.33. The summed E-state index contributed by atoms with van der Waals surface area (Å²) in [5.41, 5.74) is 3.29. The van der Waals surface area contributed by atoms with E-state index in [9.17, 15) is 14.4 Å². The SMILES string of the molecule is Cc1ccc(C(C)C)c(Oc2ccc(N3C[C@@H](C(=O)OCC(=O)Nc4ccc(Br)cc4Cl)CC3=O)cc2)c1. The van der Waals surface area contributed by atoms with E-state index in [0.717, 1.165) is 21.3 Å². The number of nitrogens with zero attached hydrogens (tertiary/aromatic N) is 1. The van der Waals surface area contributed by atoms with Crippen molar-refractivity contribution in [2.45, 2.75) is 33.1 Å². The van der Waals surface area contributed by atoms with Crippen LogP contribution in [0.2, 0.25) is 5.02 Å². The first kappa shape index (κ1) is 27.7. The summed E-state index contributed by atoms with van der Waals surface area (Å²) >= 11 is 9.40. The smallest absolute Gasteiger partial charge is 0.311 e. The highest BCUT2D eigenvalue weighted by Gasteiger charge is 2.36. The van der Waals surface area contributed by atoms with Gasteiger partial charge in [-0.2, -0.15) is 0 Å². The average molecular weight is 600 g/mol. The average Bonchev–Trinajstić information content (AvgIpc) is 3.26. The van der Waals surface area contributed by atoms with Crippen LogP contribution in [0.25, 0.3) is 0 Å². The van der Waals surface area contributed by atoms with E-state index in [1.165, 1.54) is 0 Å². The van der Waals surface area contributed by atoms with E-state index in [2.05, 4.69) is 47.2 Å². The highest BCUT2D eigenvalue weighted by molar-refractivity contribution is 9.10. The van der Waals surface area contributed by atoms with Crippen molar-refractivity contribution in [2.75, 3.05) is 23.4 Å². The highest BCUT2D eigenvalue weighted by atomic mass is 79.9. The van der Waals surface area contributed by atoms with Crippen molar-refractivity contribution in [3.63, 3.8) is 0 Å². The molecule has 38 heavy (non-hydrogen) atoms. The number of carbonyl (C=O) groups excluding carboxylic acids is 3. The van der Waals surface area contributed by atoms with Gasteiger partial charge in [-0.05, 0) is 72.5 Å². The Morgan fingerprint density at radius 2 is 1.84 bits per heavy atom. The van der Waals surface area contributed by atoms with Crippen molar-refractivity contribution >= 4 is 56.7 Å². The van der Waals surface area contributed by atoms with Crippen molar-refractivity contribution in [2.24, 2.45) is 5.92 Å². The summed E-state index contributed by atoms with van der Waals surface area (Å²) in [6.07, 6.45) is 0.0122. The van der Waals surface area contributed by atoms with E-state index in [0.29, 0.717) is 28.1 Å². The minimum absolute atomic E-state index is 0.0122. The molecule has 2 amide bonds. The molecule has 1 atom stereocenters. The van der Waals surface area contributed by atoms with Gasteiger partial charge in [0.05, 0.1) is 16.6 Å². The Kier molecular flexibility index (Phi) is 8.74. The molecule has 198 valence electrons. The summed E-state index contributed by atoms with van der Waals surface area (Å²) in [5.74, 6) is -0.198. The fraction of sp³-hybridized carbons (Fsp3) is 0.276. The van der Waals surface area contributed by atoms with E-state index >= 15 is 0 Å². The van der Waals surface area contributed by atoms with Crippen molar-refractivity contribution in [3.8, 4) is 11.5 Å². The lowest BCUT2D eigenvalue weighted by Gasteiger charge is -2.18. The molecule has 1 aliphatic heterocycles. The van der Waals surface area contributed by atoms with Crippen LogP contribution in [0.15, 0.2) is 65.1 Å². The molecular weight excluding hydrogens is 572 g/mol. The number of amides is 2. The zero-order chi connectivity index (χ0) is 27.4. The van der Waals surface area contributed by atoms with E-state index < -0.39 is 24.4 Å². The van der Waals surface area contributed by atoms with Crippen LogP contribution >= 0.6 is 27.5 Å². The van der Waals surface area contributed by atoms with Crippen LogP contribution in [0.1, 0.15) is 37.3 Å². The molecule has 1 saturated heterocycles. The van der Waals surface area contributed by atoms with Crippen molar-refractivity contribution in [1.29, 1.82) is 0 Å². The van der Waals surface area contributed by atoms with Gasteiger partial charge in [0, 0.05) is 23.1 Å². The molecule has 0 unspecified atom stereocenters. The Bertz CT molecular complexity index is 1360. The molecule has 4 rings (SSSR count). The van der Waals surface area contributed by atoms with Gasteiger partial charge in [-0.1, -0.05) is 53.5 Å². The Morgan fingerprint density at radius 3 is 2.53 bits per heavy atom. The van der Waals surface area contributed by atoms with Gasteiger partial charge < -0.3 is 19.7 Å². The standard InChI is InChI=1S/C29H28BrClN2O5/c1-17(2)23-10-4-18(3)12-26(23)38-22-8-6-21(7-9-22)33-15-19(13-28(33)35)29(36)37-16-27(34)32-25-11-5-20(30)14-24(25)31/h4-12,14,17,19H,13,15-16H2,1-3H3,(H,32,34)/t19-/m0/s1. The minimum Gasteiger partial charge on any atom is -0.457 e. The lowest BCUT2D eigenvalue weighted by molar-refractivity contribution is -0.151. The van der Waals surface area contributed by atoms with Crippen LogP contribution in [0.3, 0.4) is 0 Å². The molecule has 1 fully saturated rings. The molecule has 0 aromatic heterocycles. The summed E-state index contributed by atoms with van der Waals surface area (Å²) in [4.78, 5) is 39.0. The largest absolute Gasteiger partial charge is 0.457 e. The fourth-order valence-electron chi connectivity index (χ4n) is 4.17. The molecular formula is C29H28BrClN2O5. The normalized spacial score (nSPS) is 15.1. The van der Waals surface area contributed by atoms with Gasteiger partial charge in [-0.15, -0.1) is 0 Å². The summed E-state index contributed by atoms with van der Waals surface area (Å²) in [6.45, 7) is 5.95. The number of hydrogen-bond acceptors (Lipinski definition) is 5. The molecule has 3 aromatic carbocycles. The van der Waals surface area contributed by atoms with Crippen molar-refractivity contribution < 1.29 is 23.9 Å². The third-order valence-electron chi connectivity index (χ3n) is 6.18. The lowest BCUT2D eigenvalue weighted by Crippen LogP contribution is -2.28. The maximum Gasteiger partial charge on any atom is 0.311 e. The predicted molar refractivity (Wildman–Crippen MR) is 151 cm³/mol. The number of anilines is 2. The number of halogens is 2. The van der Waals surface area contributed by atoms with Crippen molar-refractivity contribution in [1.82, 2.24) is 0 Å². The first-order valence-corrected chi connectivity index (χ1v) is 13.4. The van der Waals surface area contributed by atoms with Crippen LogP contribution in [-0.4, -0.2) is 30.9 Å². The number of ether oxygens (including phenoxy) is 2. The number of rotatable bonds is 8. The Balaban J connectivity index is 1.33. The zero-order valence-corrected chi connectivity index (χ0v) is 23.6. The monoisotopic (exact) mass is 598 g/mol. The molecule has 0 bridgehead atoms. The summed E-state index contributed by atoms with van der Waals surface area (Å²) in [5, 5.41) is 2.96. The van der Waals surface area contributed by atoms with E-state index in [-0.39, 0.29) is 18.9 Å². The Labute approximate surface area is 235 Å². The number of hydrogen-bond donors (Lipinski definition) is 1. The van der Waals surface area contributed by atoms with Crippen LogP contribution in [0, 0.1) is 12.8 Å². The van der Waals surface area contributed by atoms with Gasteiger partial charge in [-0.3, -0.25) is 14.4 Å². The van der Waals surface area contributed by atoms with Crippen LogP contribution in [-0.2, 0) is 19.1 Å². The first-order valence-electron chi connectivity index (χ1n) is 12.2. The molecule has 9 heteroatoms. The lowest BCUT2D eigenvalue weighted by atomic mass is 10.0. The van der Waals surface area contributed by atoms with Crippen LogP contribution in [0.4, 0.5) is 11.4 Å². The summed E-state index contributed by atoms with van der Waals surface area (Å²) < 4.78 is 12.1. The molecule has 1 aliphatic rings. The second kappa shape index (κ2) is 12.0. The number of esters is 1. The molecule has 3 aromatic rings. The topological polar surface area (TPSA) is 84.9 Å². The van der Waals surface area contributed by atoms with Gasteiger partial charge in [0.1, 0.15) is 11.5 Å². The molecule has 7 nitrogen and oxygen atoms in total. The van der Waals surface area contributed by atoms with Crippen molar-refractivity contribution in [3.05, 3.63) is 81.3 Å². The van der Waals surface area contributed by atoms with Gasteiger partial charge >= 0.3 is 5.97 Å². The first-order chi connectivity index (χ1) is 18.1. The second-order valence-electron chi connectivity index (χ2n) is 9.48. The van der Waals surface area contributed by atoms with Crippen LogP contribution < -0.4 is 15.0 Å². The molecule has 0 saturated carbocycles. The fourth-order valence-corrected chi connectivity index (χ4v) is 4.90. The second-order valence-corrected chi connectivity index (χ2v) is 10.8. The minimum atomic E-state index is -0.664. The number of aryl methyl sites for hydroxylation is 1. The van der Waals surface area contributed by atoms with E-state index in [1.807, 2.05) is 13.0 Å². The van der Waals surface area contributed by atoms with Gasteiger partial charge in [0.15, 0.2) is 6.61 Å². The third-order valence-corrected chi connectivity index (χ3v) is 6.98. The summed E-state index contributed by atoms with van der Waals surface area (Å²) in [6, 6.07) is 18.4. The van der Waals surface area contributed by atoms with Gasteiger partial charge in [-0.25, -0.2) is 0 Å². The predicted octanol–water partition coefficient (Wildman–Crippen LogP) is 6.86. The third kappa shape index (κ3) is 6.74. The Hall–Kier alpha value is -3.36. The molecule has 0 spiro atoms. The van der Waals surface area contributed by atoms with Gasteiger partial charge in [0.25, 0.3) is 5.91 Å². The zero-order valence-electron chi connectivity index (χ0n) is 21.3. The maximum absolute atomic E-state index is 12.7.